The van der Waals surface area contributed by atoms with E-state index in [2.05, 4.69) is 45.4 Å². The van der Waals surface area contributed by atoms with E-state index in [-0.39, 0.29) is 0 Å². The average Bonchev–Trinajstić information content (AvgIpc) is 3.03. The molecule has 0 saturated heterocycles. The monoisotopic (exact) mass is 274 g/mol. The highest BCUT2D eigenvalue weighted by Crippen LogP contribution is 2.41. The van der Waals surface area contributed by atoms with Crippen molar-refractivity contribution in [3.8, 4) is 0 Å². The van der Waals surface area contributed by atoms with Crippen LogP contribution < -0.4 is 5.32 Å². The largest absolute Gasteiger partial charge is 0.345 e. The third-order valence-corrected chi connectivity index (χ3v) is 3.73. The van der Waals surface area contributed by atoms with Gasteiger partial charge in [0.25, 0.3) is 0 Å². The molecule has 1 atom stereocenters. The molecule has 2 heterocycles. The maximum absolute atomic E-state index is 5.17. The first-order valence-corrected chi connectivity index (χ1v) is 7.44. The van der Waals surface area contributed by atoms with E-state index < -0.39 is 0 Å². The molecule has 0 radical (unpaired) electrons. The summed E-state index contributed by atoms with van der Waals surface area (Å²) in [6.45, 7) is 5.77. The lowest BCUT2D eigenvalue weighted by Gasteiger charge is -2.16. The molecular formula is C15H22N4O. The molecule has 1 unspecified atom stereocenters. The number of rotatable bonds is 7. The van der Waals surface area contributed by atoms with Crippen molar-refractivity contribution >= 4 is 0 Å². The highest BCUT2D eigenvalue weighted by Gasteiger charge is 2.32. The number of nitrogens with zero attached hydrogens (tertiary/aromatic N) is 3. The average molecular weight is 274 g/mol. The zero-order chi connectivity index (χ0) is 13.9. The Balaban J connectivity index is 1.68. The Morgan fingerprint density at radius 3 is 3.00 bits per heavy atom. The fourth-order valence-corrected chi connectivity index (χ4v) is 2.59. The summed E-state index contributed by atoms with van der Waals surface area (Å²) < 4.78 is 7.28. The molecule has 0 spiro atoms. The van der Waals surface area contributed by atoms with Gasteiger partial charge in [-0.25, -0.2) is 0 Å². The van der Waals surface area contributed by atoms with E-state index in [0.29, 0.717) is 24.3 Å². The molecule has 0 aliphatic heterocycles. The molecule has 1 aliphatic carbocycles. The van der Waals surface area contributed by atoms with Crippen LogP contribution in [-0.4, -0.2) is 21.3 Å². The van der Waals surface area contributed by atoms with Gasteiger partial charge >= 0.3 is 0 Å². The van der Waals surface area contributed by atoms with Gasteiger partial charge in [0.2, 0.25) is 5.89 Å². The Morgan fingerprint density at radius 1 is 1.50 bits per heavy atom. The molecule has 2 aromatic heterocycles. The summed E-state index contributed by atoms with van der Waals surface area (Å²) in [6.07, 6.45) is 8.15. The van der Waals surface area contributed by atoms with Crippen molar-refractivity contribution in [3.63, 3.8) is 0 Å². The van der Waals surface area contributed by atoms with Gasteiger partial charge in [-0.05, 0) is 50.3 Å². The molecule has 1 N–H and O–H groups in total. The van der Waals surface area contributed by atoms with Crippen molar-refractivity contribution in [2.24, 2.45) is 5.92 Å². The Morgan fingerprint density at radius 2 is 2.35 bits per heavy atom. The van der Waals surface area contributed by atoms with Crippen LogP contribution in [0.1, 0.15) is 49.5 Å². The minimum atomic E-state index is 0.501. The van der Waals surface area contributed by atoms with E-state index in [1.807, 2.05) is 6.92 Å². The van der Waals surface area contributed by atoms with Gasteiger partial charge in [-0.1, -0.05) is 12.1 Å². The fraction of sp³-hybridized carbons (Fsp3) is 0.600. The molecule has 1 aliphatic rings. The van der Waals surface area contributed by atoms with Crippen LogP contribution in [0, 0.1) is 12.8 Å². The molecular weight excluding hydrogens is 252 g/mol. The standard InChI is InChI=1S/C15H22N4O/c1-3-7-16-15(12-4-5-12)13-6-8-19(9-13)10-14-17-11(2)18-20-14/h6,8-9,12,15-16H,3-5,7,10H2,1-2H3. The van der Waals surface area contributed by atoms with Crippen LogP contribution in [0.2, 0.25) is 0 Å². The van der Waals surface area contributed by atoms with Crippen molar-refractivity contribution < 1.29 is 4.52 Å². The molecule has 0 bridgehead atoms. The van der Waals surface area contributed by atoms with E-state index in [1.165, 1.54) is 24.8 Å². The van der Waals surface area contributed by atoms with E-state index in [1.54, 1.807) is 0 Å². The second kappa shape index (κ2) is 5.79. The summed E-state index contributed by atoms with van der Waals surface area (Å²) in [7, 11) is 0. The molecule has 20 heavy (non-hydrogen) atoms. The molecule has 3 rings (SSSR count). The number of aromatic nitrogens is 3. The van der Waals surface area contributed by atoms with Crippen LogP contribution >= 0.6 is 0 Å². The van der Waals surface area contributed by atoms with Crippen molar-refractivity contribution in [2.45, 2.75) is 45.7 Å². The Hall–Kier alpha value is -1.62. The quantitative estimate of drug-likeness (QED) is 0.843. The first-order valence-electron chi connectivity index (χ1n) is 7.44. The number of hydrogen-bond acceptors (Lipinski definition) is 4. The zero-order valence-corrected chi connectivity index (χ0v) is 12.2. The predicted molar refractivity (Wildman–Crippen MR) is 76.3 cm³/mol. The summed E-state index contributed by atoms with van der Waals surface area (Å²) in [4.78, 5) is 4.24. The van der Waals surface area contributed by atoms with Gasteiger partial charge < -0.3 is 14.4 Å². The number of nitrogens with one attached hydrogen (secondary N) is 1. The molecule has 1 fully saturated rings. The highest BCUT2D eigenvalue weighted by atomic mass is 16.5. The van der Waals surface area contributed by atoms with Crippen LogP contribution in [0.3, 0.4) is 0 Å². The van der Waals surface area contributed by atoms with Gasteiger partial charge in [0.1, 0.15) is 6.54 Å². The minimum absolute atomic E-state index is 0.501. The van der Waals surface area contributed by atoms with Crippen LogP contribution in [-0.2, 0) is 6.54 Å². The second-order valence-electron chi connectivity index (χ2n) is 5.62. The first kappa shape index (κ1) is 13.4. The van der Waals surface area contributed by atoms with Crippen LogP contribution in [0.25, 0.3) is 0 Å². The van der Waals surface area contributed by atoms with Gasteiger partial charge in [0.05, 0.1) is 0 Å². The van der Waals surface area contributed by atoms with Gasteiger partial charge in [0.15, 0.2) is 5.82 Å². The van der Waals surface area contributed by atoms with Crippen LogP contribution in [0.5, 0.6) is 0 Å². The molecule has 1 saturated carbocycles. The third kappa shape index (κ3) is 3.10. The SMILES string of the molecule is CCCNC(c1ccn(Cc2nc(C)no2)c1)C1CC1. The number of aryl methyl sites for hydroxylation is 1. The van der Waals surface area contributed by atoms with Crippen molar-refractivity contribution in [2.75, 3.05) is 6.54 Å². The highest BCUT2D eigenvalue weighted by molar-refractivity contribution is 5.18. The smallest absolute Gasteiger partial charge is 0.246 e. The van der Waals surface area contributed by atoms with Gasteiger partial charge in [-0.2, -0.15) is 4.98 Å². The second-order valence-corrected chi connectivity index (χ2v) is 5.62. The van der Waals surface area contributed by atoms with E-state index >= 15 is 0 Å². The fourth-order valence-electron chi connectivity index (χ4n) is 2.59. The summed E-state index contributed by atoms with van der Waals surface area (Å²) in [5.41, 5.74) is 1.37. The van der Waals surface area contributed by atoms with E-state index in [9.17, 15) is 0 Å². The van der Waals surface area contributed by atoms with Crippen molar-refractivity contribution in [1.29, 1.82) is 0 Å². The Kier molecular flexibility index (Phi) is 3.87. The lowest BCUT2D eigenvalue weighted by molar-refractivity contribution is 0.367. The van der Waals surface area contributed by atoms with Crippen molar-refractivity contribution in [1.82, 2.24) is 20.0 Å². The first-order chi connectivity index (χ1) is 9.76. The Labute approximate surface area is 119 Å². The minimum Gasteiger partial charge on any atom is -0.345 e. The van der Waals surface area contributed by atoms with Gasteiger partial charge in [0, 0.05) is 18.4 Å². The van der Waals surface area contributed by atoms with E-state index in [4.69, 9.17) is 4.52 Å². The molecule has 0 aromatic carbocycles. The lowest BCUT2D eigenvalue weighted by atomic mass is 10.1. The van der Waals surface area contributed by atoms with Crippen LogP contribution in [0.4, 0.5) is 0 Å². The summed E-state index contributed by atoms with van der Waals surface area (Å²) in [5.74, 6) is 2.16. The van der Waals surface area contributed by atoms with E-state index in [0.717, 1.165) is 12.5 Å². The maximum atomic E-state index is 5.17. The molecule has 0 amide bonds. The number of hydrogen-bond donors (Lipinski definition) is 1. The Bertz CT molecular complexity index is 556. The molecule has 5 nitrogen and oxygen atoms in total. The zero-order valence-electron chi connectivity index (χ0n) is 12.2. The lowest BCUT2D eigenvalue weighted by Crippen LogP contribution is -2.23. The van der Waals surface area contributed by atoms with Gasteiger partial charge in [-0.15, -0.1) is 0 Å². The summed E-state index contributed by atoms with van der Waals surface area (Å²) in [6, 6.07) is 2.70. The summed E-state index contributed by atoms with van der Waals surface area (Å²) in [5, 5.41) is 7.49. The van der Waals surface area contributed by atoms with Crippen molar-refractivity contribution in [3.05, 3.63) is 35.7 Å². The molecule has 108 valence electrons. The predicted octanol–water partition coefficient (Wildman–Crippen LogP) is 2.68. The summed E-state index contributed by atoms with van der Waals surface area (Å²) >= 11 is 0. The normalized spacial score (nSPS) is 16.5. The van der Waals surface area contributed by atoms with Crippen LogP contribution in [0.15, 0.2) is 23.0 Å². The molecule has 2 aromatic rings. The molecule has 5 heteroatoms. The van der Waals surface area contributed by atoms with Gasteiger partial charge in [-0.3, -0.25) is 0 Å². The topological polar surface area (TPSA) is 55.9 Å². The third-order valence-electron chi connectivity index (χ3n) is 3.73. The maximum Gasteiger partial charge on any atom is 0.246 e.